The summed E-state index contributed by atoms with van der Waals surface area (Å²) in [5.41, 5.74) is 3.17. The Kier molecular flexibility index (Phi) is 1.58. The number of rotatable bonds is 0. The van der Waals surface area contributed by atoms with Gasteiger partial charge in [-0.3, -0.25) is 0 Å². The molecule has 2 radical (unpaired) electrons. The van der Waals surface area contributed by atoms with Crippen molar-refractivity contribution in [3.63, 3.8) is 0 Å². The Morgan fingerprint density at radius 1 is 1.25 bits per heavy atom. The van der Waals surface area contributed by atoms with Gasteiger partial charge in [0.05, 0.1) is 0 Å². The molecule has 0 saturated carbocycles. The summed E-state index contributed by atoms with van der Waals surface area (Å²) in [4.78, 5) is 0. The second-order valence-corrected chi connectivity index (χ2v) is 4.69. The quantitative estimate of drug-likeness (QED) is 0.525. The second kappa shape index (κ2) is 2.40. The summed E-state index contributed by atoms with van der Waals surface area (Å²) in [6, 6.07) is 8.63. The van der Waals surface area contributed by atoms with Gasteiger partial charge in [0.2, 0.25) is 0 Å². The molecular formula is C11H12Si. The summed E-state index contributed by atoms with van der Waals surface area (Å²) in [7, 11) is 3.68. The maximum Gasteiger partial charge on any atom is 0.0352 e. The van der Waals surface area contributed by atoms with Crippen LogP contribution in [0.1, 0.15) is 31.4 Å². The highest BCUT2D eigenvalue weighted by atomic mass is 28.1. The molecule has 0 spiro atoms. The topological polar surface area (TPSA) is 0 Å². The van der Waals surface area contributed by atoms with E-state index in [2.05, 4.69) is 48.0 Å². The molecule has 0 bridgehead atoms. The zero-order chi connectivity index (χ0) is 8.77. The predicted octanol–water partition coefficient (Wildman–Crippen LogP) is 2.06. The van der Waals surface area contributed by atoms with Crippen LogP contribution in [0, 0.1) is 0 Å². The zero-order valence-electron chi connectivity index (χ0n) is 7.52. The lowest BCUT2D eigenvalue weighted by Gasteiger charge is -2.17. The van der Waals surface area contributed by atoms with E-state index < -0.39 is 0 Å². The van der Waals surface area contributed by atoms with Gasteiger partial charge in [-0.1, -0.05) is 43.3 Å². The minimum Gasteiger partial charge on any atom is -0.0619 e. The van der Waals surface area contributed by atoms with Crippen molar-refractivity contribution in [3.05, 3.63) is 35.4 Å². The molecule has 1 aliphatic carbocycles. The Labute approximate surface area is 76.7 Å². The van der Waals surface area contributed by atoms with Gasteiger partial charge in [0.1, 0.15) is 0 Å². The largest absolute Gasteiger partial charge is 0.0619 e. The SMILES string of the molecule is CC1(C)CC(=[Si])c2ccccc21. The highest BCUT2D eigenvalue weighted by molar-refractivity contribution is 6.45. The van der Waals surface area contributed by atoms with Crippen molar-refractivity contribution >= 4 is 15.0 Å². The van der Waals surface area contributed by atoms with Crippen LogP contribution in [0.25, 0.3) is 0 Å². The molecular weight excluding hydrogens is 160 g/mol. The highest BCUT2D eigenvalue weighted by Gasteiger charge is 2.31. The molecule has 0 N–H and O–H groups in total. The van der Waals surface area contributed by atoms with Gasteiger partial charge in [0.25, 0.3) is 0 Å². The van der Waals surface area contributed by atoms with Crippen molar-refractivity contribution in [2.24, 2.45) is 0 Å². The Morgan fingerprint density at radius 2 is 1.92 bits per heavy atom. The molecule has 60 valence electrons. The van der Waals surface area contributed by atoms with E-state index in [1.165, 1.54) is 16.3 Å². The average Bonchev–Trinajstić information content (AvgIpc) is 2.25. The van der Waals surface area contributed by atoms with Gasteiger partial charge in [-0.15, -0.1) is 0 Å². The van der Waals surface area contributed by atoms with Crippen LogP contribution in [0.5, 0.6) is 0 Å². The van der Waals surface area contributed by atoms with Crippen LogP contribution in [0.15, 0.2) is 24.3 Å². The van der Waals surface area contributed by atoms with Crippen molar-refractivity contribution in [2.45, 2.75) is 25.7 Å². The van der Waals surface area contributed by atoms with Gasteiger partial charge in [-0.25, -0.2) is 0 Å². The van der Waals surface area contributed by atoms with E-state index in [0.29, 0.717) is 5.41 Å². The lowest BCUT2D eigenvalue weighted by molar-refractivity contribution is 0.570. The van der Waals surface area contributed by atoms with Gasteiger partial charge in [-0.05, 0) is 23.0 Å². The molecule has 0 heterocycles. The first-order valence-corrected chi connectivity index (χ1v) is 4.78. The monoisotopic (exact) mass is 172 g/mol. The van der Waals surface area contributed by atoms with E-state index in [1.54, 1.807) is 0 Å². The van der Waals surface area contributed by atoms with Crippen molar-refractivity contribution in [3.8, 4) is 0 Å². The average molecular weight is 172 g/mol. The van der Waals surface area contributed by atoms with E-state index in [9.17, 15) is 0 Å². The fraction of sp³-hybridized carbons (Fsp3) is 0.364. The van der Waals surface area contributed by atoms with Crippen molar-refractivity contribution < 1.29 is 0 Å². The summed E-state index contributed by atoms with van der Waals surface area (Å²) in [6.07, 6.45) is 1.13. The van der Waals surface area contributed by atoms with Gasteiger partial charge in [-0.2, -0.15) is 0 Å². The molecule has 2 rings (SSSR count). The smallest absolute Gasteiger partial charge is 0.0352 e. The van der Waals surface area contributed by atoms with Crippen LogP contribution in [0.4, 0.5) is 0 Å². The molecule has 0 aromatic heterocycles. The second-order valence-electron chi connectivity index (χ2n) is 4.08. The van der Waals surface area contributed by atoms with Gasteiger partial charge in [0, 0.05) is 9.85 Å². The first-order chi connectivity index (χ1) is 5.61. The summed E-state index contributed by atoms with van der Waals surface area (Å²) >= 11 is 0. The first-order valence-electron chi connectivity index (χ1n) is 4.28. The third kappa shape index (κ3) is 1.00. The molecule has 0 saturated heterocycles. The Hall–Kier alpha value is -0.693. The van der Waals surface area contributed by atoms with Gasteiger partial charge >= 0.3 is 0 Å². The van der Waals surface area contributed by atoms with Crippen LogP contribution in [-0.2, 0) is 5.41 Å². The maximum absolute atomic E-state index is 3.68. The summed E-state index contributed by atoms with van der Waals surface area (Å²) in [5, 5.41) is 1.34. The summed E-state index contributed by atoms with van der Waals surface area (Å²) in [5.74, 6) is 0. The third-order valence-electron chi connectivity index (χ3n) is 2.60. The molecule has 0 unspecified atom stereocenters. The minimum atomic E-state index is 0.313. The normalized spacial score (nSPS) is 19.3. The summed E-state index contributed by atoms with van der Waals surface area (Å²) in [6.45, 7) is 4.58. The minimum absolute atomic E-state index is 0.313. The molecule has 0 amide bonds. The molecule has 1 heteroatoms. The van der Waals surface area contributed by atoms with Gasteiger partial charge < -0.3 is 0 Å². The van der Waals surface area contributed by atoms with Crippen LogP contribution in [0.2, 0.25) is 0 Å². The molecule has 1 aromatic carbocycles. The lowest BCUT2D eigenvalue weighted by atomic mass is 9.87. The van der Waals surface area contributed by atoms with Gasteiger partial charge in [0.15, 0.2) is 0 Å². The number of benzene rings is 1. The molecule has 0 nitrogen and oxygen atoms in total. The third-order valence-corrected chi connectivity index (χ3v) is 3.05. The van der Waals surface area contributed by atoms with Crippen molar-refractivity contribution in [1.29, 1.82) is 0 Å². The number of hydrogen-bond acceptors (Lipinski definition) is 0. The zero-order valence-corrected chi connectivity index (χ0v) is 8.52. The number of fused-ring (bicyclic) bond motifs is 1. The van der Waals surface area contributed by atoms with Crippen LogP contribution in [0.3, 0.4) is 0 Å². The Bertz CT molecular complexity index is 337. The first kappa shape index (κ1) is 7.93. The van der Waals surface area contributed by atoms with Crippen molar-refractivity contribution in [2.75, 3.05) is 0 Å². The van der Waals surface area contributed by atoms with Crippen molar-refractivity contribution in [1.82, 2.24) is 0 Å². The van der Waals surface area contributed by atoms with Crippen LogP contribution >= 0.6 is 0 Å². The molecule has 1 aliphatic rings. The predicted molar refractivity (Wildman–Crippen MR) is 53.9 cm³/mol. The van der Waals surface area contributed by atoms with E-state index >= 15 is 0 Å². The van der Waals surface area contributed by atoms with E-state index in [4.69, 9.17) is 0 Å². The molecule has 1 aromatic rings. The van der Waals surface area contributed by atoms with E-state index in [1.807, 2.05) is 0 Å². The fourth-order valence-electron chi connectivity index (χ4n) is 1.97. The Balaban J connectivity index is 2.66. The van der Waals surface area contributed by atoms with Crippen LogP contribution < -0.4 is 0 Å². The molecule has 0 atom stereocenters. The summed E-state index contributed by atoms with van der Waals surface area (Å²) < 4.78 is 0. The highest BCUT2D eigenvalue weighted by Crippen LogP contribution is 2.37. The number of hydrogen-bond donors (Lipinski definition) is 0. The molecule has 0 aliphatic heterocycles. The molecule has 0 fully saturated rings. The van der Waals surface area contributed by atoms with E-state index in [-0.39, 0.29) is 0 Å². The standard InChI is InChI=1S/C11H12Si/c1-11(2)7-10(12)8-5-3-4-6-9(8)11/h3-6H,7H2,1-2H3. The van der Waals surface area contributed by atoms with E-state index in [0.717, 1.165) is 6.42 Å². The van der Waals surface area contributed by atoms with Crippen LogP contribution in [-0.4, -0.2) is 15.0 Å². The maximum atomic E-state index is 3.68. The lowest BCUT2D eigenvalue weighted by Crippen LogP contribution is -2.12. The molecule has 12 heavy (non-hydrogen) atoms. The Morgan fingerprint density at radius 3 is 2.58 bits per heavy atom. The fourth-order valence-corrected chi connectivity index (χ4v) is 2.63.